The lowest BCUT2D eigenvalue weighted by Gasteiger charge is -2.17. The number of nitrogens with one attached hydrogen (secondary N) is 1. The third-order valence-electron chi connectivity index (χ3n) is 4.50. The molecule has 2 atom stereocenters. The number of benzene rings is 1. The van der Waals surface area contributed by atoms with Crippen molar-refractivity contribution in [3.8, 4) is 5.75 Å². The topological polar surface area (TPSA) is 65.4 Å². The molecule has 0 spiro atoms. The number of amides is 1. The van der Waals surface area contributed by atoms with Crippen LogP contribution in [0.15, 0.2) is 36.7 Å². The summed E-state index contributed by atoms with van der Waals surface area (Å²) in [6, 6.07) is 6.52. The van der Waals surface area contributed by atoms with Crippen LogP contribution < -0.4 is 10.1 Å². The van der Waals surface area contributed by atoms with Crippen LogP contribution in [0, 0.1) is 5.92 Å². The molecule has 0 unspecified atom stereocenters. The lowest BCUT2D eigenvalue weighted by molar-refractivity contribution is -0.127. The molecule has 1 aliphatic heterocycles. The summed E-state index contributed by atoms with van der Waals surface area (Å²) < 4.78 is 36.6. The Bertz CT molecular complexity index is 779. The van der Waals surface area contributed by atoms with E-state index >= 15 is 0 Å². The number of rotatable bonds is 7. The van der Waals surface area contributed by atoms with Gasteiger partial charge in [0.15, 0.2) is 0 Å². The Morgan fingerprint density at radius 3 is 2.96 bits per heavy atom. The minimum absolute atomic E-state index is 0.0694. The van der Waals surface area contributed by atoms with E-state index in [9.17, 15) is 13.6 Å². The van der Waals surface area contributed by atoms with Crippen molar-refractivity contribution in [3.63, 3.8) is 0 Å². The number of carbonyl (C=O) groups excluding carboxylic acids is 1. The number of carbonyl (C=O) groups is 1. The van der Waals surface area contributed by atoms with Crippen LogP contribution >= 0.6 is 0 Å². The minimum atomic E-state index is -2.88. The van der Waals surface area contributed by atoms with Crippen LogP contribution in [-0.2, 0) is 16.1 Å². The number of ether oxygens (including phenoxy) is 2. The number of hydrogen-bond acceptors (Lipinski definition) is 4. The number of alkyl halides is 2. The van der Waals surface area contributed by atoms with Crippen LogP contribution in [0.5, 0.6) is 5.75 Å². The van der Waals surface area contributed by atoms with Gasteiger partial charge in [-0.1, -0.05) is 12.1 Å². The van der Waals surface area contributed by atoms with Gasteiger partial charge >= 0.3 is 6.61 Å². The molecule has 8 heteroatoms. The van der Waals surface area contributed by atoms with Crippen LogP contribution in [0.1, 0.15) is 43.5 Å². The Kier molecular flexibility index (Phi) is 6.05. The second-order valence-electron chi connectivity index (χ2n) is 6.78. The minimum Gasteiger partial charge on any atom is -0.435 e. The first kappa shape index (κ1) is 19.3. The maximum Gasteiger partial charge on any atom is 0.387 e. The van der Waals surface area contributed by atoms with Gasteiger partial charge in [0.1, 0.15) is 5.75 Å². The smallest absolute Gasteiger partial charge is 0.387 e. The molecule has 1 aliphatic rings. The zero-order valence-corrected chi connectivity index (χ0v) is 15.3. The van der Waals surface area contributed by atoms with E-state index in [1.54, 1.807) is 18.3 Å². The molecule has 0 bridgehead atoms. The Morgan fingerprint density at radius 2 is 2.26 bits per heavy atom. The number of hydrogen-bond donors (Lipinski definition) is 1. The monoisotopic (exact) mass is 379 g/mol. The fourth-order valence-corrected chi connectivity index (χ4v) is 3.12. The molecule has 1 saturated heterocycles. The molecule has 1 aromatic heterocycles. The standard InChI is InChI=1S/C19H23F2N3O3/c1-12(2)24-11-14(10-23-24)17-16(6-7-26-17)18(25)22-9-13-4-3-5-15(8-13)27-19(20)21/h3-5,8,10-12,16-17,19H,6-7,9H2,1-2H3,(H,22,25)/t16-,17+/m1/s1. The quantitative estimate of drug-likeness (QED) is 0.800. The fraction of sp³-hybridized carbons (Fsp3) is 0.474. The van der Waals surface area contributed by atoms with Gasteiger partial charge in [0.25, 0.3) is 0 Å². The predicted octanol–water partition coefficient (Wildman–Crippen LogP) is 3.46. The average molecular weight is 379 g/mol. The van der Waals surface area contributed by atoms with E-state index in [0.29, 0.717) is 18.6 Å². The number of aromatic nitrogens is 2. The molecular weight excluding hydrogens is 356 g/mol. The lowest BCUT2D eigenvalue weighted by atomic mass is 9.96. The van der Waals surface area contributed by atoms with Crippen molar-refractivity contribution in [2.24, 2.45) is 5.92 Å². The average Bonchev–Trinajstić information content (AvgIpc) is 3.28. The van der Waals surface area contributed by atoms with Gasteiger partial charge in [0.2, 0.25) is 5.91 Å². The zero-order chi connectivity index (χ0) is 19.4. The molecule has 2 heterocycles. The van der Waals surface area contributed by atoms with Crippen molar-refractivity contribution in [1.29, 1.82) is 0 Å². The SMILES string of the molecule is CC(C)n1cc([C@@H]2OCC[C@H]2C(=O)NCc2cccc(OC(F)F)c2)cn1. The molecule has 2 aromatic rings. The molecule has 0 radical (unpaired) electrons. The molecule has 1 aromatic carbocycles. The van der Waals surface area contributed by atoms with Gasteiger partial charge in [-0.05, 0) is 38.0 Å². The second kappa shape index (κ2) is 8.47. The van der Waals surface area contributed by atoms with Crippen LogP contribution in [0.25, 0.3) is 0 Å². The summed E-state index contributed by atoms with van der Waals surface area (Å²) in [5, 5.41) is 7.17. The van der Waals surface area contributed by atoms with Crippen LogP contribution in [-0.4, -0.2) is 28.9 Å². The van der Waals surface area contributed by atoms with Gasteiger partial charge < -0.3 is 14.8 Å². The second-order valence-corrected chi connectivity index (χ2v) is 6.78. The van der Waals surface area contributed by atoms with E-state index < -0.39 is 6.61 Å². The molecule has 0 saturated carbocycles. The van der Waals surface area contributed by atoms with Crippen molar-refractivity contribution in [1.82, 2.24) is 15.1 Å². The van der Waals surface area contributed by atoms with Gasteiger partial charge in [0.05, 0.1) is 18.2 Å². The maximum absolute atomic E-state index is 12.6. The largest absolute Gasteiger partial charge is 0.435 e. The highest BCUT2D eigenvalue weighted by atomic mass is 19.3. The lowest BCUT2D eigenvalue weighted by Crippen LogP contribution is -2.31. The summed E-state index contributed by atoms with van der Waals surface area (Å²) in [6.07, 6.45) is 3.94. The predicted molar refractivity (Wildman–Crippen MR) is 94.3 cm³/mol. The summed E-state index contributed by atoms with van der Waals surface area (Å²) in [4.78, 5) is 12.6. The Morgan fingerprint density at radius 1 is 1.44 bits per heavy atom. The molecule has 1 fully saturated rings. The highest BCUT2D eigenvalue weighted by molar-refractivity contribution is 5.79. The van der Waals surface area contributed by atoms with Gasteiger partial charge in [-0.2, -0.15) is 13.9 Å². The Balaban J connectivity index is 1.61. The molecule has 0 aliphatic carbocycles. The molecule has 1 N–H and O–H groups in total. The molecule has 6 nitrogen and oxygen atoms in total. The van der Waals surface area contributed by atoms with Crippen molar-refractivity contribution in [2.45, 2.75) is 45.6 Å². The van der Waals surface area contributed by atoms with Crippen molar-refractivity contribution in [3.05, 3.63) is 47.8 Å². The third kappa shape index (κ3) is 4.82. The van der Waals surface area contributed by atoms with Crippen molar-refractivity contribution < 1.29 is 23.0 Å². The normalized spacial score (nSPS) is 19.6. The highest BCUT2D eigenvalue weighted by Gasteiger charge is 2.36. The summed E-state index contributed by atoms with van der Waals surface area (Å²) in [5.41, 5.74) is 1.57. The first-order valence-corrected chi connectivity index (χ1v) is 8.91. The summed E-state index contributed by atoms with van der Waals surface area (Å²) >= 11 is 0. The van der Waals surface area contributed by atoms with E-state index in [-0.39, 0.29) is 36.3 Å². The van der Waals surface area contributed by atoms with E-state index in [4.69, 9.17) is 4.74 Å². The highest BCUT2D eigenvalue weighted by Crippen LogP contribution is 2.34. The molecular formula is C19H23F2N3O3. The Labute approximate surface area is 156 Å². The fourth-order valence-electron chi connectivity index (χ4n) is 3.12. The Hall–Kier alpha value is -2.48. The molecule has 3 rings (SSSR count). The molecule has 27 heavy (non-hydrogen) atoms. The molecule has 1 amide bonds. The molecule has 146 valence electrons. The number of nitrogens with zero attached hydrogens (tertiary/aromatic N) is 2. The third-order valence-corrected chi connectivity index (χ3v) is 4.50. The first-order chi connectivity index (χ1) is 12.9. The van der Waals surface area contributed by atoms with Crippen LogP contribution in [0.3, 0.4) is 0 Å². The van der Waals surface area contributed by atoms with Gasteiger partial charge in [-0.15, -0.1) is 0 Å². The van der Waals surface area contributed by atoms with E-state index in [1.807, 2.05) is 24.7 Å². The van der Waals surface area contributed by atoms with E-state index in [2.05, 4.69) is 15.2 Å². The maximum atomic E-state index is 12.6. The summed E-state index contributed by atoms with van der Waals surface area (Å²) in [7, 11) is 0. The van der Waals surface area contributed by atoms with Crippen LogP contribution in [0.2, 0.25) is 0 Å². The van der Waals surface area contributed by atoms with Gasteiger partial charge in [0, 0.05) is 31.0 Å². The van der Waals surface area contributed by atoms with Gasteiger partial charge in [-0.25, -0.2) is 0 Å². The summed E-state index contributed by atoms with van der Waals surface area (Å²) in [6.45, 7) is 1.92. The number of halogens is 2. The van der Waals surface area contributed by atoms with Gasteiger partial charge in [-0.3, -0.25) is 9.48 Å². The summed E-state index contributed by atoms with van der Waals surface area (Å²) in [5.74, 6) is -0.370. The van der Waals surface area contributed by atoms with E-state index in [0.717, 1.165) is 5.56 Å². The first-order valence-electron chi connectivity index (χ1n) is 8.91. The van der Waals surface area contributed by atoms with Crippen molar-refractivity contribution in [2.75, 3.05) is 6.61 Å². The van der Waals surface area contributed by atoms with E-state index in [1.165, 1.54) is 12.1 Å². The zero-order valence-electron chi connectivity index (χ0n) is 15.3. The van der Waals surface area contributed by atoms with Crippen LogP contribution in [0.4, 0.5) is 8.78 Å². The van der Waals surface area contributed by atoms with Crippen molar-refractivity contribution >= 4 is 5.91 Å².